The molecule has 6 heteroatoms. The van der Waals surface area contributed by atoms with Crippen LogP contribution in [0.3, 0.4) is 0 Å². The number of hydrogen-bond donors (Lipinski definition) is 3. The number of halogens is 1. The van der Waals surface area contributed by atoms with Gasteiger partial charge in [0.25, 0.3) is 0 Å². The molecule has 0 aromatic heterocycles. The molecule has 0 saturated carbocycles. The van der Waals surface area contributed by atoms with Crippen molar-refractivity contribution in [3.63, 3.8) is 0 Å². The number of nitrogens with zero attached hydrogens (tertiary/aromatic N) is 1. The highest BCUT2D eigenvalue weighted by Crippen LogP contribution is 2.22. The van der Waals surface area contributed by atoms with Gasteiger partial charge in [-0.1, -0.05) is 31.0 Å². The second-order valence-corrected chi connectivity index (χ2v) is 5.73. The minimum atomic E-state index is -0.0762. The second kappa shape index (κ2) is 10.9. The lowest BCUT2D eigenvalue weighted by Crippen LogP contribution is -2.38. The van der Waals surface area contributed by atoms with Gasteiger partial charge in [-0.3, -0.25) is 9.79 Å². The van der Waals surface area contributed by atoms with Crippen molar-refractivity contribution in [1.82, 2.24) is 10.6 Å². The maximum atomic E-state index is 12.0. The lowest BCUT2D eigenvalue weighted by molar-refractivity contribution is -0.116. The maximum Gasteiger partial charge on any atom is 0.226 e. The standard InChI is InChI=1S/C17H27ClN4O/c1-4-6-10-20-17(19-5-2)21-11-9-16(23)22-15-8-7-13(3)12-14(15)18/h7-8,12H,4-6,9-11H2,1-3H3,(H,22,23)(H2,19,20,21). The summed E-state index contributed by atoms with van der Waals surface area (Å²) in [7, 11) is 0. The molecule has 128 valence electrons. The van der Waals surface area contributed by atoms with Crippen LogP contribution in [0.15, 0.2) is 23.2 Å². The Balaban J connectivity index is 2.40. The molecule has 0 fully saturated rings. The van der Waals surface area contributed by atoms with Crippen molar-refractivity contribution in [1.29, 1.82) is 0 Å². The second-order valence-electron chi connectivity index (χ2n) is 5.32. The third kappa shape index (κ3) is 7.88. The van der Waals surface area contributed by atoms with Gasteiger partial charge in [0.05, 0.1) is 10.7 Å². The number of anilines is 1. The van der Waals surface area contributed by atoms with Gasteiger partial charge in [-0.25, -0.2) is 0 Å². The normalized spacial score (nSPS) is 11.2. The zero-order valence-corrected chi connectivity index (χ0v) is 15.0. The average Bonchev–Trinajstić information content (AvgIpc) is 2.50. The number of unbranched alkanes of at least 4 members (excludes halogenated alkanes) is 1. The van der Waals surface area contributed by atoms with Gasteiger partial charge in [0.2, 0.25) is 5.91 Å². The highest BCUT2D eigenvalue weighted by Gasteiger charge is 2.06. The molecule has 0 bridgehead atoms. The summed E-state index contributed by atoms with van der Waals surface area (Å²) in [6.45, 7) is 8.22. The molecule has 0 aliphatic heterocycles. The van der Waals surface area contributed by atoms with E-state index in [-0.39, 0.29) is 5.91 Å². The summed E-state index contributed by atoms with van der Waals surface area (Å²) in [6.07, 6.45) is 2.52. The van der Waals surface area contributed by atoms with Gasteiger partial charge in [-0.2, -0.15) is 0 Å². The molecule has 0 unspecified atom stereocenters. The summed E-state index contributed by atoms with van der Waals surface area (Å²) < 4.78 is 0. The van der Waals surface area contributed by atoms with Crippen molar-refractivity contribution < 1.29 is 4.79 Å². The van der Waals surface area contributed by atoms with Gasteiger partial charge in [-0.15, -0.1) is 0 Å². The number of carbonyl (C=O) groups is 1. The van der Waals surface area contributed by atoms with E-state index < -0.39 is 0 Å². The first-order valence-electron chi connectivity index (χ1n) is 8.15. The number of nitrogens with one attached hydrogen (secondary N) is 3. The Morgan fingerprint density at radius 3 is 2.70 bits per heavy atom. The van der Waals surface area contributed by atoms with E-state index in [0.29, 0.717) is 23.7 Å². The van der Waals surface area contributed by atoms with Crippen LogP contribution in [0.5, 0.6) is 0 Å². The van der Waals surface area contributed by atoms with E-state index in [1.807, 2.05) is 32.0 Å². The zero-order valence-electron chi connectivity index (χ0n) is 14.2. The fraction of sp³-hybridized carbons (Fsp3) is 0.529. The topological polar surface area (TPSA) is 65.5 Å². The summed E-state index contributed by atoms with van der Waals surface area (Å²) in [6, 6.07) is 5.57. The molecular formula is C17H27ClN4O. The van der Waals surface area contributed by atoms with Crippen LogP contribution in [-0.4, -0.2) is 31.5 Å². The van der Waals surface area contributed by atoms with Crippen LogP contribution in [0.2, 0.25) is 5.02 Å². The van der Waals surface area contributed by atoms with Gasteiger partial charge in [-0.05, 0) is 38.0 Å². The average molecular weight is 339 g/mol. The molecule has 0 radical (unpaired) electrons. The van der Waals surface area contributed by atoms with E-state index in [1.165, 1.54) is 0 Å². The van der Waals surface area contributed by atoms with Crippen LogP contribution < -0.4 is 16.0 Å². The number of aryl methyl sites for hydroxylation is 1. The summed E-state index contributed by atoms with van der Waals surface area (Å²) >= 11 is 6.11. The third-order valence-electron chi connectivity index (χ3n) is 3.17. The van der Waals surface area contributed by atoms with E-state index in [4.69, 9.17) is 11.6 Å². The SMILES string of the molecule is CCCCN=C(NCC)NCCC(=O)Nc1ccc(C)cc1Cl. The lowest BCUT2D eigenvalue weighted by Gasteiger charge is -2.12. The third-order valence-corrected chi connectivity index (χ3v) is 3.48. The predicted molar refractivity (Wildman–Crippen MR) is 98.3 cm³/mol. The number of guanidine groups is 1. The monoisotopic (exact) mass is 338 g/mol. The van der Waals surface area contributed by atoms with E-state index in [0.717, 1.165) is 37.5 Å². The number of hydrogen-bond acceptors (Lipinski definition) is 2. The first-order chi connectivity index (χ1) is 11.1. The quantitative estimate of drug-likeness (QED) is 0.387. The molecule has 1 rings (SSSR count). The Bertz CT molecular complexity index is 531. The fourth-order valence-corrected chi connectivity index (χ4v) is 2.20. The molecule has 0 aliphatic rings. The summed E-state index contributed by atoms with van der Waals surface area (Å²) in [5.41, 5.74) is 1.71. The van der Waals surface area contributed by atoms with Crippen LogP contribution in [0, 0.1) is 6.92 Å². The van der Waals surface area contributed by atoms with Crippen LogP contribution in [0.4, 0.5) is 5.69 Å². The molecule has 0 aliphatic carbocycles. The van der Waals surface area contributed by atoms with E-state index in [1.54, 1.807) is 0 Å². The summed E-state index contributed by atoms with van der Waals surface area (Å²) in [5, 5.41) is 9.71. The molecule has 1 aromatic carbocycles. The number of carbonyl (C=O) groups excluding carboxylic acids is 1. The number of amides is 1. The number of benzene rings is 1. The first-order valence-corrected chi connectivity index (χ1v) is 8.52. The van der Waals surface area contributed by atoms with Crippen LogP contribution in [0.25, 0.3) is 0 Å². The largest absolute Gasteiger partial charge is 0.357 e. The molecule has 0 atom stereocenters. The molecule has 3 N–H and O–H groups in total. The lowest BCUT2D eigenvalue weighted by atomic mass is 10.2. The zero-order chi connectivity index (χ0) is 17.1. The molecule has 1 amide bonds. The maximum absolute atomic E-state index is 12.0. The van der Waals surface area contributed by atoms with Crippen molar-refractivity contribution in [3.8, 4) is 0 Å². The molecule has 5 nitrogen and oxygen atoms in total. The summed E-state index contributed by atoms with van der Waals surface area (Å²) in [5.74, 6) is 0.676. The van der Waals surface area contributed by atoms with Gasteiger partial charge < -0.3 is 16.0 Å². The van der Waals surface area contributed by atoms with E-state index >= 15 is 0 Å². The van der Waals surface area contributed by atoms with Crippen LogP contribution in [-0.2, 0) is 4.79 Å². The molecular weight excluding hydrogens is 312 g/mol. The molecule has 1 aromatic rings. The Morgan fingerprint density at radius 1 is 1.26 bits per heavy atom. The summed E-state index contributed by atoms with van der Waals surface area (Å²) in [4.78, 5) is 16.4. The Morgan fingerprint density at radius 2 is 2.04 bits per heavy atom. The minimum absolute atomic E-state index is 0.0762. The van der Waals surface area contributed by atoms with Crippen molar-refractivity contribution in [2.45, 2.75) is 40.0 Å². The van der Waals surface area contributed by atoms with E-state index in [2.05, 4.69) is 27.9 Å². The van der Waals surface area contributed by atoms with Crippen molar-refractivity contribution >= 4 is 29.2 Å². The predicted octanol–water partition coefficient (Wildman–Crippen LogP) is 3.33. The van der Waals surface area contributed by atoms with Gasteiger partial charge >= 0.3 is 0 Å². The van der Waals surface area contributed by atoms with Crippen LogP contribution >= 0.6 is 11.6 Å². The molecule has 0 heterocycles. The van der Waals surface area contributed by atoms with Gasteiger partial charge in [0.1, 0.15) is 0 Å². The Kier molecular flexibility index (Phi) is 9.14. The highest BCUT2D eigenvalue weighted by atomic mass is 35.5. The molecule has 23 heavy (non-hydrogen) atoms. The molecule has 0 spiro atoms. The highest BCUT2D eigenvalue weighted by molar-refractivity contribution is 6.33. The van der Waals surface area contributed by atoms with Crippen molar-refractivity contribution in [2.75, 3.05) is 25.0 Å². The molecule has 0 saturated heterocycles. The minimum Gasteiger partial charge on any atom is -0.357 e. The smallest absolute Gasteiger partial charge is 0.226 e. The van der Waals surface area contributed by atoms with Gasteiger partial charge in [0, 0.05) is 26.1 Å². The first kappa shape index (κ1) is 19.3. The number of rotatable bonds is 8. The number of aliphatic imine (C=N–C) groups is 1. The van der Waals surface area contributed by atoms with Crippen molar-refractivity contribution in [3.05, 3.63) is 28.8 Å². The fourth-order valence-electron chi connectivity index (χ4n) is 1.92. The van der Waals surface area contributed by atoms with Crippen molar-refractivity contribution in [2.24, 2.45) is 4.99 Å². The van der Waals surface area contributed by atoms with Gasteiger partial charge in [0.15, 0.2) is 5.96 Å². The van der Waals surface area contributed by atoms with Crippen LogP contribution in [0.1, 0.15) is 38.7 Å². The Labute approximate surface area is 143 Å². The van der Waals surface area contributed by atoms with E-state index in [9.17, 15) is 4.79 Å². The Hall–Kier alpha value is -1.75.